The van der Waals surface area contributed by atoms with Crippen LogP contribution in [0.4, 0.5) is 4.39 Å². The van der Waals surface area contributed by atoms with E-state index in [0.717, 1.165) is 16.7 Å². The summed E-state index contributed by atoms with van der Waals surface area (Å²) in [6.07, 6.45) is 0.630. The van der Waals surface area contributed by atoms with E-state index >= 15 is 0 Å². The topological polar surface area (TPSA) is 72.7 Å². The number of amides is 1. The summed E-state index contributed by atoms with van der Waals surface area (Å²) in [7, 11) is 0. The van der Waals surface area contributed by atoms with Gasteiger partial charge in [0, 0.05) is 12.1 Å². The Morgan fingerprint density at radius 1 is 1.12 bits per heavy atom. The van der Waals surface area contributed by atoms with E-state index in [1.807, 2.05) is 31.2 Å². The van der Waals surface area contributed by atoms with Crippen LogP contribution in [0.1, 0.15) is 11.1 Å². The van der Waals surface area contributed by atoms with Crippen molar-refractivity contribution >= 4 is 5.91 Å². The minimum Gasteiger partial charge on any atom is -0.354 e. The van der Waals surface area contributed by atoms with E-state index in [0.29, 0.717) is 18.8 Å². The number of hydrogen-bond donors (Lipinski definition) is 1. The monoisotopic (exact) mass is 339 g/mol. The van der Waals surface area contributed by atoms with Gasteiger partial charge in [-0.1, -0.05) is 42.0 Å². The van der Waals surface area contributed by atoms with Gasteiger partial charge in [0.15, 0.2) is 0 Å². The molecule has 0 saturated carbocycles. The number of benzene rings is 2. The molecule has 7 heteroatoms. The van der Waals surface area contributed by atoms with Crippen LogP contribution in [-0.2, 0) is 17.8 Å². The maximum atomic E-state index is 12.8. The van der Waals surface area contributed by atoms with Crippen molar-refractivity contribution in [2.45, 2.75) is 19.9 Å². The van der Waals surface area contributed by atoms with E-state index in [9.17, 15) is 9.18 Å². The quantitative estimate of drug-likeness (QED) is 0.747. The Hall–Kier alpha value is -3.09. The number of hydrogen-bond acceptors (Lipinski definition) is 4. The van der Waals surface area contributed by atoms with E-state index in [1.165, 1.54) is 16.9 Å². The minimum atomic E-state index is -0.269. The number of halogens is 1. The first kappa shape index (κ1) is 16.8. The third kappa shape index (κ3) is 4.69. The largest absolute Gasteiger partial charge is 0.354 e. The third-order valence-corrected chi connectivity index (χ3v) is 3.70. The summed E-state index contributed by atoms with van der Waals surface area (Å²) in [5.41, 5.74) is 2.97. The van der Waals surface area contributed by atoms with Crippen LogP contribution in [0, 0.1) is 12.7 Å². The summed E-state index contributed by atoms with van der Waals surface area (Å²) in [5.74, 6) is 0.0171. The highest BCUT2D eigenvalue weighted by atomic mass is 19.1. The zero-order valence-electron chi connectivity index (χ0n) is 13.8. The van der Waals surface area contributed by atoms with Crippen LogP contribution in [0.3, 0.4) is 0 Å². The number of tetrazole rings is 1. The summed E-state index contributed by atoms with van der Waals surface area (Å²) >= 11 is 0. The minimum absolute atomic E-state index is 0.00226. The van der Waals surface area contributed by atoms with Gasteiger partial charge >= 0.3 is 0 Å². The molecule has 128 valence electrons. The molecule has 0 aliphatic carbocycles. The summed E-state index contributed by atoms with van der Waals surface area (Å²) in [4.78, 5) is 13.2. The van der Waals surface area contributed by atoms with Gasteiger partial charge in [0.2, 0.25) is 11.7 Å². The normalized spacial score (nSPS) is 10.6. The highest BCUT2D eigenvalue weighted by Gasteiger charge is 2.09. The Morgan fingerprint density at radius 3 is 2.56 bits per heavy atom. The van der Waals surface area contributed by atoms with Crippen LogP contribution < -0.4 is 5.32 Å². The Labute approximate surface area is 144 Å². The van der Waals surface area contributed by atoms with E-state index in [-0.39, 0.29) is 18.3 Å². The lowest BCUT2D eigenvalue weighted by molar-refractivity contribution is -0.122. The lowest BCUT2D eigenvalue weighted by atomic mass is 10.1. The summed E-state index contributed by atoms with van der Waals surface area (Å²) < 4.78 is 12.8. The molecular formula is C18H18FN5O. The van der Waals surface area contributed by atoms with Crippen LogP contribution in [0.15, 0.2) is 48.5 Å². The first-order valence-corrected chi connectivity index (χ1v) is 7.96. The second-order valence-corrected chi connectivity index (χ2v) is 5.74. The predicted molar refractivity (Wildman–Crippen MR) is 91.1 cm³/mol. The van der Waals surface area contributed by atoms with Crippen molar-refractivity contribution in [3.63, 3.8) is 0 Å². The van der Waals surface area contributed by atoms with Gasteiger partial charge in [-0.15, -0.1) is 10.2 Å². The molecule has 0 saturated heterocycles. The average Bonchev–Trinajstić information content (AvgIpc) is 3.06. The maximum Gasteiger partial charge on any atom is 0.243 e. The Bertz CT molecular complexity index is 843. The van der Waals surface area contributed by atoms with Gasteiger partial charge in [-0.3, -0.25) is 4.79 Å². The van der Waals surface area contributed by atoms with Crippen LogP contribution in [0.2, 0.25) is 0 Å². The number of nitrogens with zero attached hydrogens (tertiary/aromatic N) is 4. The molecule has 0 radical (unpaired) electrons. The molecule has 6 nitrogen and oxygen atoms in total. The molecule has 0 spiro atoms. The summed E-state index contributed by atoms with van der Waals surface area (Å²) in [6.45, 7) is 2.47. The molecule has 0 fully saturated rings. The van der Waals surface area contributed by atoms with Crippen LogP contribution in [-0.4, -0.2) is 32.7 Å². The molecule has 25 heavy (non-hydrogen) atoms. The standard InChI is InChI=1S/C18H18FN5O/c1-13-2-6-15(7-3-13)18-21-23-24(22-18)12-17(25)20-11-10-14-4-8-16(19)9-5-14/h2-9H,10-12H2,1H3,(H,20,25). The summed E-state index contributed by atoms with van der Waals surface area (Å²) in [6, 6.07) is 14.0. The fourth-order valence-electron chi connectivity index (χ4n) is 2.31. The second kappa shape index (κ2) is 7.65. The van der Waals surface area contributed by atoms with Gasteiger partial charge in [-0.05, 0) is 36.3 Å². The van der Waals surface area contributed by atoms with Crippen molar-refractivity contribution in [1.29, 1.82) is 0 Å². The molecule has 1 heterocycles. The Morgan fingerprint density at radius 2 is 1.84 bits per heavy atom. The van der Waals surface area contributed by atoms with Gasteiger partial charge in [0.1, 0.15) is 12.4 Å². The number of nitrogens with one attached hydrogen (secondary N) is 1. The molecule has 1 amide bonds. The number of rotatable bonds is 6. The van der Waals surface area contributed by atoms with E-state index in [2.05, 4.69) is 20.7 Å². The number of aryl methyl sites for hydroxylation is 1. The highest BCUT2D eigenvalue weighted by Crippen LogP contribution is 2.13. The van der Waals surface area contributed by atoms with Crippen molar-refractivity contribution in [3.8, 4) is 11.4 Å². The smallest absolute Gasteiger partial charge is 0.243 e. The van der Waals surface area contributed by atoms with Crippen LogP contribution in [0.25, 0.3) is 11.4 Å². The molecule has 2 aromatic carbocycles. The fourth-order valence-corrected chi connectivity index (χ4v) is 2.31. The molecule has 0 atom stereocenters. The second-order valence-electron chi connectivity index (χ2n) is 5.74. The first-order chi connectivity index (χ1) is 12.1. The van der Waals surface area contributed by atoms with Crippen molar-refractivity contribution in [2.75, 3.05) is 6.54 Å². The Kier molecular flexibility index (Phi) is 5.13. The van der Waals surface area contributed by atoms with Crippen molar-refractivity contribution in [3.05, 3.63) is 65.5 Å². The summed E-state index contributed by atoms with van der Waals surface area (Å²) in [5, 5.41) is 14.9. The number of aromatic nitrogens is 4. The van der Waals surface area contributed by atoms with Gasteiger partial charge in [0.05, 0.1) is 0 Å². The molecule has 0 bridgehead atoms. The molecule has 1 N–H and O–H groups in total. The molecule has 0 aliphatic rings. The molecule has 3 aromatic rings. The third-order valence-electron chi connectivity index (χ3n) is 3.70. The van der Waals surface area contributed by atoms with E-state index in [4.69, 9.17) is 0 Å². The lowest BCUT2D eigenvalue weighted by Gasteiger charge is -2.04. The average molecular weight is 339 g/mol. The highest BCUT2D eigenvalue weighted by molar-refractivity contribution is 5.75. The molecule has 3 rings (SSSR count). The van der Waals surface area contributed by atoms with Crippen molar-refractivity contribution in [2.24, 2.45) is 0 Å². The SMILES string of the molecule is Cc1ccc(-c2nnn(CC(=O)NCCc3ccc(F)cc3)n2)cc1. The fraction of sp³-hybridized carbons (Fsp3) is 0.222. The Balaban J connectivity index is 1.49. The van der Waals surface area contributed by atoms with Crippen molar-refractivity contribution in [1.82, 2.24) is 25.5 Å². The van der Waals surface area contributed by atoms with Gasteiger partial charge in [-0.25, -0.2) is 4.39 Å². The predicted octanol–water partition coefficient (Wildman–Crippen LogP) is 2.15. The van der Waals surface area contributed by atoms with Gasteiger partial charge in [-0.2, -0.15) is 4.80 Å². The zero-order chi connectivity index (χ0) is 17.6. The van der Waals surface area contributed by atoms with Crippen LogP contribution in [0.5, 0.6) is 0 Å². The van der Waals surface area contributed by atoms with E-state index < -0.39 is 0 Å². The van der Waals surface area contributed by atoms with Gasteiger partial charge < -0.3 is 5.32 Å². The lowest BCUT2D eigenvalue weighted by Crippen LogP contribution is -2.30. The molecule has 0 aliphatic heterocycles. The molecular weight excluding hydrogens is 321 g/mol. The van der Waals surface area contributed by atoms with Gasteiger partial charge in [0.25, 0.3) is 0 Å². The van der Waals surface area contributed by atoms with Crippen molar-refractivity contribution < 1.29 is 9.18 Å². The van der Waals surface area contributed by atoms with Crippen LogP contribution >= 0.6 is 0 Å². The molecule has 1 aromatic heterocycles. The maximum absolute atomic E-state index is 12.8. The van der Waals surface area contributed by atoms with E-state index in [1.54, 1.807) is 12.1 Å². The zero-order valence-corrected chi connectivity index (χ0v) is 13.8. The number of carbonyl (C=O) groups excluding carboxylic acids is 1. The molecule has 0 unspecified atom stereocenters. The number of carbonyl (C=O) groups is 1. The first-order valence-electron chi connectivity index (χ1n) is 7.96.